The van der Waals surface area contributed by atoms with E-state index in [0.717, 1.165) is 22.5 Å². The first-order chi connectivity index (χ1) is 14.1. The summed E-state index contributed by atoms with van der Waals surface area (Å²) in [5.41, 5.74) is -2.56. The summed E-state index contributed by atoms with van der Waals surface area (Å²) in [5.74, 6) is 0.666. The molecule has 2 aromatic carbocycles. The van der Waals surface area contributed by atoms with Gasteiger partial charge >= 0.3 is 13.3 Å². The molecule has 0 bridgehead atoms. The van der Waals surface area contributed by atoms with Gasteiger partial charge < -0.3 is 23.8 Å². The molecule has 3 rings (SSSR count). The van der Waals surface area contributed by atoms with Crippen LogP contribution in [0.3, 0.4) is 0 Å². The van der Waals surface area contributed by atoms with Gasteiger partial charge in [0.25, 0.3) is 0 Å². The van der Waals surface area contributed by atoms with Crippen LogP contribution in [0.4, 0.5) is 8.78 Å². The van der Waals surface area contributed by atoms with Crippen molar-refractivity contribution >= 4 is 34.4 Å². The highest BCUT2D eigenvalue weighted by Crippen LogP contribution is 2.60. The summed E-state index contributed by atoms with van der Waals surface area (Å²) in [7, 11) is -4.08. The molecule has 3 aromatic rings. The minimum absolute atomic E-state index is 0.0775. The molecule has 0 unspecified atom stereocenters. The van der Waals surface area contributed by atoms with Crippen LogP contribution in [0.15, 0.2) is 47.1 Å². The summed E-state index contributed by atoms with van der Waals surface area (Å²) in [6.45, 7) is 3.23. The van der Waals surface area contributed by atoms with E-state index in [2.05, 4.69) is 15.9 Å². The molecule has 0 aliphatic carbocycles. The quantitative estimate of drug-likeness (QED) is 0.411. The van der Waals surface area contributed by atoms with Gasteiger partial charge in [-0.3, -0.25) is 4.57 Å². The lowest BCUT2D eigenvalue weighted by atomic mass is 10.1. The Kier molecular flexibility index (Phi) is 6.69. The van der Waals surface area contributed by atoms with E-state index >= 15 is 0 Å². The zero-order valence-electron chi connectivity index (χ0n) is 16.3. The van der Waals surface area contributed by atoms with Crippen molar-refractivity contribution in [3.63, 3.8) is 0 Å². The van der Waals surface area contributed by atoms with Gasteiger partial charge in [0.2, 0.25) is 0 Å². The number of hydrogen-bond donors (Lipinski definition) is 2. The fourth-order valence-electron chi connectivity index (χ4n) is 3.27. The summed E-state index contributed by atoms with van der Waals surface area (Å²) in [5, 5.41) is 0.964. The molecule has 0 atom stereocenters. The smallest absolute Gasteiger partial charge is 0.399 e. The number of hydrogen-bond acceptors (Lipinski definition) is 3. The van der Waals surface area contributed by atoms with Crippen molar-refractivity contribution in [3.8, 4) is 5.75 Å². The van der Waals surface area contributed by atoms with E-state index in [1.807, 2.05) is 35.9 Å². The average Bonchev–Trinajstić information content (AvgIpc) is 3.03. The highest BCUT2D eigenvalue weighted by Gasteiger charge is 2.51. The summed E-state index contributed by atoms with van der Waals surface area (Å²) >= 11 is 3.03. The van der Waals surface area contributed by atoms with Crippen LogP contribution in [0.2, 0.25) is 0 Å². The molecule has 0 radical (unpaired) electrons. The molecule has 30 heavy (non-hydrogen) atoms. The van der Waals surface area contributed by atoms with Crippen LogP contribution in [0, 0.1) is 0 Å². The number of alkyl halides is 2. The Morgan fingerprint density at radius 1 is 1.23 bits per heavy atom. The van der Waals surface area contributed by atoms with Crippen LogP contribution in [-0.4, -0.2) is 28.1 Å². The monoisotopic (exact) mass is 503 g/mol. The van der Waals surface area contributed by atoms with E-state index < -0.39 is 18.8 Å². The van der Waals surface area contributed by atoms with E-state index in [0.29, 0.717) is 31.1 Å². The van der Waals surface area contributed by atoms with Crippen LogP contribution in [-0.2, 0) is 28.1 Å². The summed E-state index contributed by atoms with van der Waals surface area (Å²) in [4.78, 5) is 18.0. The number of rotatable bonds is 8. The predicted molar refractivity (Wildman–Crippen MR) is 113 cm³/mol. The molecule has 0 spiro atoms. The maximum Gasteiger partial charge on any atom is 0.399 e. The molecule has 162 valence electrons. The van der Waals surface area contributed by atoms with Crippen molar-refractivity contribution in [3.05, 3.63) is 63.8 Å². The fraction of sp³-hybridized carbons (Fsp3) is 0.300. The first-order valence-electron chi connectivity index (χ1n) is 9.05. The highest BCUT2D eigenvalue weighted by molar-refractivity contribution is 9.10. The number of para-hydroxylation sites is 1. The number of fused-ring (bicyclic) bond motifs is 1. The van der Waals surface area contributed by atoms with Crippen LogP contribution in [0.25, 0.3) is 10.9 Å². The number of ether oxygens (including phenoxy) is 2. The van der Waals surface area contributed by atoms with E-state index in [1.54, 1.807) is 7.11 Å². The second kappa shape index (κ2) is 8.77. The largest absolute Gasteiger partial charge is 0.495 e. The van der Waals surface area contributed by atoms with Crippen LogP contribution < -0.4 is 4.74 Å². The SMILES string of the molecule is CCOCc1cn(Cc2ccc(C(F)(F)P(=O)(O)O)c(Br)c2)c2c(OC)cccc12. The van der Waals surface area contributed by atoms with Gasteiger partial charge in [0.05, 0.1) is 19.2 Å². The van der Waals surface area contributed by atoms with Gasteiger partial charge in [0.1, 0.15) is 5.75 Å². The number of nitrogens with zero attached hydrogens (tertiary/aromatic N) is 1. The molecule has 0 aliphatic rings. The normalized spacial score (nSPS) is 12.5. The number of halogens is 3. The Morgan fingerprint density at radius 2 is 1.97 bits per heavy atom. The zero-order valence-corrected chi connectivity index (χ0v) is 18.8. The summed E-state index contributed by atoms with van der Waals surface area (Å²) in [6.07, 6.45) is 1.93. The lowest BCUT2D eigenvalue weighted by molar-refractivity contribution is 0.0557. The predicted octanol–water partition coefficient (Wildman–Crippen LogP) is 5.22. The van der Waals surface area contributed by atoms with Gasteiger partial charge in [0.15, 0.2) is 0 Å². The van der Waals surface area contributed by atoms with Crippen LogP contribution in [0.5, 0.6) is 5.75 Å². The van der Waals surface area contributed by atoms with E-state index in [-0.39, 0.29) is 4.47 Å². The minimum Gasteiger partial charge on any atom is -0.495 e. The number of benzene rings is 2. The van der Waals surface area contributed by atoms with Crippen molar-refractivity contribution in [2.45, 2.75) is 25.7 Å². The van der Waals surface area contributed by atoms with Crippen molar-refractivity contribution in [2.24, 2.45) is 0 Å². The molecule has 1 aromatic heterocycles. The van der Waals surface area contributed by atoms with Crippen molar-refractivity contribution in [1.82, 2.24) is 4.57 Å². The van der Waals surface area contributed by atoms with Gasteiger partial charge in [-0.2, -0.15) is 8.78 Å². The Hall–Kier alpha value is -1.77. The summed E-state index contributed by atoms with van der Waals surface area (Å²) < 4.78 is 52.2. The van der Waals surface area contributed by atoms with Crippen molar-refractivity contribution in [2.75, 3.05) is 13.7 Å². The molecule has 0 saturated carbocycles. The second-order valence-corrected chi connectivity index (χ2v) is 9.18. The van der Waals surface area contributed by atoms with Gasteiger partial charge in [0, 0.05) is 40.3 Å². The average molecular weight is 504 g/mol. The molecule has 10 heteroatoms. The molecule has 0 fully saturated rings. The Morgan fingerprint density at radius 3 is 2.57 bits per heavy atom. The van der Waals surface area contributed by atoms with E-state index in [4.69, 9.17) is 19.3 Å². The lowest BCUT2D eigenvalue weighted by Crippen LogP contribution is -2.14. The van der Waals surface area contributed by atoms with Gasteiger partial charge in [-0.1, -0.05) is 40.2 Å². The molecular weight excluding hydrogens is 483 g/mol. The number of aromatic nitrogens is 1. The molecular formula is C20H21BrF2NO5P. The molecule has 0 amide bonds. The summed E-state index contributed by atoms with van der Waals surface area (Å²) in [6, 6.07) is 9.57. The topological polar surface area (TPSA) is 80.9 Å². The molecule has 2 N–H and O–H groups in total. The van der Waals surface area contributed by atoms with Crippen molar-refractivity contribution < 1.29 is 32.6 Å². The maximum atomic E-state index is 14.1. The molecule has 0 saturated heterocycles. The first-order valence-corrected chi connectivity index (χ1v) is 11.5. The molecule has 1 heterocycles. The van der Waals surface area contributed by atoms with E-state index in [9.17, 15) is 13.3 Å². The standard InChI is InChI=1S/C20H21BrF2NO5P/c1-3-29-12-14-11-24(19-15(14)5-4-6-18(19)28-2)10-13-7-8-16(17(21)9-13)20(22,23)30(25,26)27/h4-9,11H,3,10,12H2,1-2H3,(H2,25,26,27). The fourth-order valence-corrected chi connectivity index (χ4v) is 4.61. The third-order valence-corrected chi connectivity index (χ3v) is 6.33. The Bertz CT molecular complexity index is 1110. The van der Waals surface area contributed by atoms with E-state index in [1.165, 1.54) is 12.1 Å². The van der Waals surface area contributed by atoms with Gasteiger partial charge in [-0.15, -0.1) is 0 Å². The zero-order chi connectivity index (χ0) is 22.1. The molecule has 6 nitrogen and oxygen atoms in total. The Balaban J connectivity index is 2.02. The Labute approximate surface area is 180 Å². The molecule has 0 aliphatic heterocycles. The van der Waals surface area contributed by atoms with Crippen LogP contribution >= 0.6 is 23.5 Å². The number of methoxy groups -OCH3 is 1. The van der Waals surface area contributed by atoms with Crippen molar-refractivity contribution in [1.29, 1.82) is 0 Å². The second-order valence-electron chi connectivity index (χ2n) is 6.68. The third-order valence-electron chi connectivity index (χ3n) is 4.70. The lowest BCUT2D eigenvalue weighted by Gasteiger charge is -2.20. The minimum atomic E-state index is -5.65. The van der Waals surface area contributed by atoms with Crippen LogP contribution in [0.1, 0.15) is 23.6 Å². The third kappa shape index (κ3) is 4.31. The van der Waals surface area contributed by atoms with Gasteiger partial charge in [-0.25, -0.2) is 0 Å². The maximum absolute atomic E-state index is 14.1. The van der Waals surface area contributed by atoms with Gasteiger partial charge in [-0.05, 0) is 24.6 Å². The first kappa shape index (κ1) is 22.9. The highest BCUT2D eigenvalue weighted by atomic mass is 79.9.